The fourth-order valence-electron chi connectivity index (χ4n) is 6.13. The van der Waals surface area contributed by atoms with E-state index < -0.39 is 26.5 Å². The monoisotopic (exact) mass is 883 g/mol. The minimum atomic E-state index is -2.61. The van der Waals surface area contributed by atoms with E-state index >= 15 is 0 Å². The van der Waals surface area contributed by atoms with Crippen molar-refractivity contribution in [1.82, 2.24) is 4.98 Å². The van der Waals surface area contributed by atoms with Crippen molar-refractivity contribution in [2.45, 2.75) is 49.6 Å². The second-order valence-corrected chi connectivity index (χ2v) is 32.8. The van der Waals surface area contributed by atoms with E-state index in [9.17, 15) is 4.79 Å². The molecule has 44 heavy (non-hydrogen) atoms. The number of aliphatic hydroxyl groups is 1. The zero-order chi connectivity index (χ0) is 31.1. The second kappa shape index (κ2) is 13.3. The minimum absolute atomic E-state index is 0. The number of ketones is 1. The molecular formula is C38H40Ge2IrNO2-. The maximum atomic E-state index is 10.0. The molecule has 5 aromatic rings. The summed E-state index contributed by atoms with van der Waals surface area (Å²) in [4.78, 5) is 15.0. The van der Waals surface area contributed by atoms with Crippen molar-refractivity contribution in [2.75, 3.05) is 0 Å². The van der Waals surface area contributed by atoms with Gasteiger partial charge in [-0.1, -0.05) is 0 Å². The van der Waals surface area contributed by atoms with Gasteiger partial charge in [0.2, 0.25) is 0 Å². The molecule has 1 radical (unpaired) electrons. The van der Waals surface area contributed by atoms with Crippen molar-refractivity contribution in [1.29, 1.82) is 0 Å². The Labute approximate surface area is 280 Å². The van der Waals surface area contributed by atoms with E-state index in [1.165, 1.54) is 57.5 Å². The fraction of sp³-hybridized carbons (Fsp3) is 0.211. The van der Waals surface area contributed by atoms with E-state index in [2.05, 4.69) is 121 Å². The Balaban J connectivity index is 0.000000497. The van der Waals surface area contributed by atoms with Crippen LogP contribution in [-0.2, 0) is 24.9 Å². The number of aryl methyl sites for hydroxylation is 1. The Bertz CT molecular complexity index is 1880. The molecular weight excluding hydrogens is 840 g/mol. The van der Waals surface area contributed by atoms with Crippen LogP contribution in [0.4, 0.5) is 0 Å². The zero-order valence-electron chi connectivity index (χ0n) is 26.8. The van der Waals surface area contributed by atoms with Gasteiger partial charge in [0, 0.05) is 26.2 Å². The zero-order valence-corrected chi connectivity index (χ0v) is 33.4. The number of allylic oxidation sites excluding steroid dienone is 2. The average Bonchev–Trinajstić information content (AvgIpc) is 3.18. The number of nitrogens with zero attached hydrogens (tertiary/aromatic N) is 1. The molecule has 0 atom stereocenters. The summed E-state index contributed by atoms with van der Waals surface area (Å²) in [6.07, 6.45) is 3.16. The first-order chi connectivity index (χ1) is 20.3. The van der Waals surface area contributed by atoms with Crippen LogP contribution in [0, 0.1) is 13.0 Å². The third-order valence-corrected chi connectivity index (χ3v) is 20.0. The number of aliphatic hydroxyl groups excluding tert-OH is 1. The van der Waals surface area contributed by atoms with Crippen LogP contribution in [0.5, 0.6) is 0 Å². The molecule has 0 amide bonds. The summed E-state index contributed by atoms with van der Waals surface area (Å²) in [5.41, 5.74) is 8.96. The summed E-state index contributed by atoms with van der Waals surface area (Å²) >= 11 is -4.42. The first-order valence-electron chi connectivity index (χ1n) is 14.8. The SMILES string of the molecule is CC(=O)/C=C(/C)O.Cc1cc(-c2nccc3[c]2[Ge]([CH3])([CH3])[c]2cc(-c4cc[c]([Ge]([CH3])([CH3])[CH3])cc4)ccc2-3)[c-]c2ccccc12.[Ir]. The van der Waals surface area contributed by atoms with E-state index in [-0.39, 0.29) is 31.6 Å². The van der Waals surface area contributed by atoms with E-state index in [4.69, 9.17) is 10.1 Å². The van der Waals surface area contributed by atoms with Crippen molar-refractivity contribution in [3.8, 4) is 33.5 Å². The van der Waals surface area contributed by atoms with Gasteiger partial charge in [0.05, 0.1) is 5.76 Å². The van der Waals surface area contributed by atoms with E-state index in [1.54, 1.807) is 8.79 Å². The van der Waals surface area contributed by atoms with Gasteiger partial charge in [0.1, 0.15) is 0 Å². The Morgan fingerprint density at radius 1 is 0.886 bits per heavy atom. The number of aromatic nitrogens is 1. The number of benzene rings is 4. The van der Waals surface area contributed by atoms with Crippen LogP contribution in [0.25, 0.3) is 44.3 Å². The first kappa shape index (κ1) is 34.1. The van der Waals surface area contributed by atoms with Crippen LogP contribution in [0.2, 0.25) is 28.8 Å². The number of carbonyl (C=O) groups is 1. The van der Waals surface area contributed by atoms with Gasteiger partial charge in [-0.05, 0) is 13.8 Å². The molecule has 0 saturated heterocycles. The molecule has 4 aromatic carbocycles. The summed E-state index contributed by atoms with van der Waals surface area (Å²) in [6, 6.07) is 33.3. The topological polar surface area (TPSA) is 50.2 Å². The molecule has 2 heterocycles. The van der Waals surface area contributed by atoms with Gasteiger partial charge in [-0.3, -0.25) is 4.79 Å². The van der Waals surface area contributed by atoms with Gasteiger partial charge >= 0.3 is 221 Å². The molecule has 0 saturated carbocycles. The molecule has 1 N–H and O–H groups in total. The summed E-state index contributed by atoms with van der Waals surface area (Å²) in [5, 5.41) is 10.8. The van der Waals surface area contributed by atoms with Gasteiger partial charge in [-0.15, -0.1) is 0 Å². The normalized spacial score (nSPS) is 13.3. The van der Waals surface area contributed by atoms with E-state index in [1.807, 2.05) is 6.20 Å². The van der Waals surface area contributed by atoms with Crippen molar-refractivity contribution < 1.29 is 30.0 Å². The van der Waals surface area contributed by atoms with Crippen LogP contribution >= 0.6 is 0 Å². The first-order valence-corrected chi connectivity index (χ1v) is 28.5. The Morgan fingerprint density at radius 3 is 2.16 bits per heavy atom. The molecule has 0 spiro atoms. The third kappa shape index (κ3) is 6.89. The van der Waals surface area contributed by atoms with Crippen LogP contribution < -0.4 is 13.2 Å². The Kier molecular flexibility index (Phi) is 10.3. The third-order valence-electron chi connectivity index (χ3n) is 8.29. The predicted molar refractivity (Wildman–Crippen MR) is 188 cm³/mol. The molecule has 1 aliphatic rings. The number of rotatable bonds is 4. The van der Waals surface area contributed by atoms with E-state index in [0.29, 0.717) is 0 Å². The largest absolute Gasteiger partial charge is 0 e. The standard InChI is InChI=1S/C33H32Ge2N.C5H8O2.Ir/c1-22-19-26(20-25-9-7-8-10-28(22)25)33-32-30(17-18-36-33)29-16-13-24(21-31(29)35(32,5)6)23-11-14-27(15-12-23)34(2,3)4;1-4(6)3-5(2)7;/h7-19,21H,1-6H3;3,6H,1-2H3;/q-1;;/b;4-3-;. The van der Waals surface area contributed by atoms with Crippen LogP contribution in [-0.4, -0.2) is 42.4 Å². The summed E-state index contributed by atoms with van der Waals surface area (Å²) < 4.78 is 4.61. The van der Waals surface area contributed by atoms with E-state index in [0.717, 1.165) is 16.6 Å². The number of pyridine rings is 1. The fourth-order valence-corrected chi connectivity index (χ4v) is 15.6. The molecule has 0 unspecified atom stereocenters. The number of fused-ring (bicyclic) bond motifs is 4. The molecule has 1 aliphatic heterocycles. The van der Waals surface area contributed by atoms with Gasteiger partial charge in [0.25, 0.3) is 0 Å². The van der Waals surface area contributed by atoms with Crippen LogP contribution in [0.3, 0.4) is 0 Å². The van der Waals surface area contributed by atoms with Crippen molar-refractivity contribution in [2.24, 2.45) is 0 Å². The minimum Gasteiger partial charge on any atom is 0 e. The molecule has 0 bridgehead atoms. The van der Waals surface area contributed by atoms with Crippen molar-refractivity contribution in [3.63, 3.8) is 0 Å². The summed E-state index contributed by atoms with van der Waals surface area (Å²) in [5.74, 6) is 12.4. The molecule has 1 aromatic heterocycles. The molecule has 0 aliphatic carbocycles. The quantitative estimate of drug-likeness (QED) is 0.0861. The molecule has 227 valence electrons. The summed E-state index contributed by atoms with van der Waals surface area (Å²) in [6.45, 7) is 5.05. The average molecular weight is 880 g/mol. The predicted octanol–water partition coefficient (Wildman–Crippen LogP) is 8.06. The number of carbonyl (C=O) groups excluding carboxylic acids is 1. The van der Waals surface area contributed by atoms with Gasteiger partial charge < -0.3 is 5.11 Å². The maximum absolute atomic E-state index is 10.0. The molecule has 0 fully saturated rings. The van der Waals surface area contributed by atoms with Crippen molar-refractivity contribution in [3.05, 3.63) is 109 Å². The number of hydrogen-bond acceptors (Lipinski definition) is 3. The molecule has 6 heteroatoms. The maximum Gasteiger partial charge on any atom is 0 e. The number of hydrogen-bond donors (Lipinski definition) is 1. The van der Waals surface area contributed by atoms with Crippen LogP contribution in [0.15, 0.2) is 96.9 Å². The van der Waals surface area contributed by atoms with Gasteiger partial charge in [0.15, 0.2) is 5.78 Å². The molecule has 3 nitrogen and oxygen atoms in total. The van der Waals surface area contributed by atoms with Crippen molar-refractivity contribution >= 4 is 56.3 Å². The second-order valence-electron chi connectivity index (χ2n) is 13.1. The van der Waals surface area contributed by atoms with Gasteiger partial charge in [-0.25, -0.2) is 0 Å². The molecule has 6 rings (SSSR count). The van der Waals surface area contributed by atoms with Crippen LogP contribution in [0.1, 0.15) is 19.4 Å². The van der Waals surface area contributed by atoms with Gasteiger partial charge in [-0.2, -0.15) is 0 Å². The smallest absolute Gasteiger partial charge is 0 e. The Hall–Kier alpha value is -2.76. The summed E-state index contributed by atoms with van der Waals surface area (Å²) in [7, 11) is 0. The Morgan fingerprint density at radius 2 is 1.55 bits per heavy atom.